The Balaban J connectivity index is 1.85. The van der Waals surface area contributed by atoms with E-state index < -0.39 is 0 Å². The minimum atomic E-state index is 0.802. The summed E-state index contributed by atoms with van der Waals surface area (Å²) < 4.78 is 2.50. The number of rotatable bonds is 1. The molecule has 0 spiro atoms. The maximum atomic E-state index is 6.33. The average Bonchev–Trinajstić information content (AvgIpc) is 2.69. The van der Waals surface area contributed by atoms with Gasteiger partial charge in [0.05, 0.1) is 5.52 Å². The molecular formula is C22H29ClN2. The summed E-state index contributed by atoms with van der Waals surface area (Å²) in [6, 6.07) is 6.42. The van der Waals surface area contributed by atoms with Gasteiger partial charge < -0.3 is 9.47 Å². The van der Waals surface area contributed by atoms with E-state index in [2.05, 4.69) is 48.7 Å². The first kappa shape index (κ1) is 17.2. The van der Waals surface area contributed by atoms with Crippen molar-refractivity contribution in [2.24, 2.45) is 11.8 Å². The van der Waals surface area contributed by atoms with Crippen molar-refractivity contribution in [1.82, 2.24) is 9.47 Å². The summed E-state index contributed by atoms with van der Waals surface area (Å²) in [4.78, 5) is 2.44. The molecule has 2 aromatic rings. The van der Waals surface area contributed by atoms with Gasteiger partial charge in [-0.05, 0) is 68.3 Å². The van der Waals surface area contributed by atoms with Crippen LogP contribution in [0.5, 0.6) is 0 Å². The molecule has 3 heteroatoms. The molecule has 2 atom stereocenters. The average molecular weight is 357 g/mol. The highest BCUT2D eigenvalue weighted by Gasteiger charge is 2.22. The molecule has 2 nitrogen and oxygen atoms in total. The fourth-order valence-corrected chi connectivity index (χ4v) is 5.11. The summed E-state index contributed by atoms with van der Waals surface area (Å²) >= 11 is 6.33. The molecule has 0 amide bonds. The number of aromatic nitrogens is 1. The largest absolute Gasteiger partial charge is 0.320 e. The number of halogens is 1. The molecule has 1 aromatic heterocycles. The Morgan fingerprint density at radius 3 is 2.56 bits per heavy atom. The van der Waals surface area contributed by atoms with Gasteiger partial charge in [-0.3, -0.25) is 0 Å². The summed E-state index contributed by atoms with van der Waals surface area (Å²) in [6.07, 6.45) is 8.55. The van der Waals surface area contributed by atoms with E-state index in [0.717, 1.165) is 42.8 Å². The first-order chi connectivity index (χ1) is 12.0. The van der Waals surface area contributed by atoms with E-state index in [-0.39, 0.29) is 0 Å². The summed E-state index contributed by atoms with van der Waals surface area (Å²) in [5.74, 6) is 1.60. The Hall–Kier alpha value is -1.25. The van der Waals surface area contributed by atoms with Crippen molar-refractivity contribution < 1.29 is 0 Å². The van der Waals surface area contributed by atoms with E-state index >= 15 is 0 Å². The number of likely N-dealkylation sites (N-methyl/N-ethyl adjacent to an activating group) is 1. The smallest absolute Gasteiger partial charge is 0.0529 e. The molecule has 0 radical (unpaired) electrons. The van der Waals surface area contributed by atoms with E-state index in [1.165, 1.54) is 41.4 Å². The SMILES string of the molecule is CC1CC(=Cn2c3c(c4cc(Cl)ccc42)CCN(C)CC3)CC(C)C1. The van der Waals surface area contributed by atoms with Crippen molar-refractivity contribution in [1.29, 1.82) is 0 Å². The van der Waals surface area contributed by atoms with Crippen molar-refractivity contribution in [2.75, 3.05) is 20.1 Å². The minimum absolute atomic E-state index is 0.802. The molecule has 2 aliphatic rings. The zero-order chi connectivity index (χ0) is 17.6. The van der Waals surface area contributed by atoms with Crippen LogP contribution in [0.3, 0.4) is 0 Å². The summed E-state index contributed by atoms with van der Waals surface area (Å²) in [7, 11) is 2.23. The zero-order valence-corrected chi connectivity index (χ0v) is 16.4. The predicted octanol–water partition coefficient (Wildman–Crippen LogP) is 5.62. The molecule has 1 fully saturated rings. The van der Waals surface area contributed by atoms with Gasteiger partial charge in [0.15, 0.2) is 0 Å². The van der Waals surface area contributed by atoms with Gasteiger partial charge in [0.25, 0.3) is 0 Å². The van der Waals surface area contributed by atoms with Crippen LogP contribution in [0, 0.1) is 11.8 Å². The molecule has 25 heavy (non-hydrogen) atoms. The summed E-state index contributed by atoms with van der Waals surface area (Å²) in [5, 5.41) is 2.20. The monoisotopic (exact) mass is 356 g/mol. The van der Waals surface area contributed by atoms with Gasteiger partial charge in [-0.1, -0.05) is 31.0 Å². The van der Waals surface area contributed by atoms with Gasteiger partial charge in [0, 0.05) is 41.8 Å². The Morgan fingerprint density at radius 1 is 1.08 bits per heavy atom. The van der Waals surface area contributed by atoms with Crippen molar-refractivity contribution in [3.8, 4) is 0 Å². The van der Waals surface area contributed by atoms with Gasteiger partial charge in [0.2, 0.25) is 0 Å². The lowest BCUT2D eigenvalue weighted by Crippen LogP contribution is -2.21. The number of allylic oxidation sites excluding steroid dienone is 1. The molecule has 0 bridgehead atoms. The molecule has 2 heterocycles. The standard InChI is InChI=1S/C22H29ClN2/c1-15-10-16(2)12-17(11-15)14-25-21-5-4-18(23)13-20(21)19-6-8-24(3)9-7-22(19)25/h4-5,13-16H,6-12H2,1-3H3. The molecule has 1 aromatic carbocycles. The second kappa shape index (κ2) is 6.81. The molecule has 1 aliphatic heterocycles. The van der Waals surface area contributed by atoms with Crippen molar-refractivity contribution in [3.63, 3.8) is 0 Å². The van der Waals surface area contributed by atoms with Gasteiger partial charge in [-0.25, -0.2) is 0 Å². The fourth-order valence-electron chi connectivity index (χ4n) is 4.94. The van der Waals surface area contributed by atoms with Crippen LogP contribution in [0.1, 0.15) is 44.4 Å². The van der Waals surface area contributed by atoms with Crippen LogP contribution in [0.25, 0.3) is 17.1 Å². The van der Waals surface area contributed by atoms with E-state index in [4.69, 9.17) is 11.6 Å². The van der Waals surface area contributed by atoms with Crippen LogP contribution in [-0.2, 0) is 12.8 Å². The number of nitrogens with zero attached hydrogens (tertiary/aromatic N) is 2. The Kier molecular flexibility index (Phi) is 4.68. The maximum Gasteiger partial charge on any atom is 0.0529 e. The third kappa shape index (κ3) is 3.39. The van der Waals surface area contributed by atoms with Gasteiger partial charge in [-0.15, -0.1) is 0 Å². The number of benzene rings is 1. The van der Waals surface area contributed by atoms with Crippen molar-refractivity contribution in [2.45, 2.75) is 46.0 Å². The molecule has 0 saturated heterocycles. The van der Waals surface area contributed by atoms with E-state index in [0.29, 0.717) is 0 Å². The van der Waals surface area contributed by atoms with Crippen LogP contribution >= 0.6 is 11.6 Å². The Morgan fingerprint density at radius 2 is 1.80 bits per heavy atom. The highest BCUT2D eigenvalue weighted by Crippen LogP contribution is 2.36. The normalized spacial score (nSPS) is 25.0. The molecule has 4 rings (SSSR count). The van der Waals surface area contributed by atoms with E-state index in [1.54, 1.807) is 5.57 Å². The van der Waals surface area contributed by atoms with Crippen LogP contribution in [0.4, 0.5) is 0 Å². The van der Waals surface area contributed by atoms with Crippen LogP contribution in [0.15, 0.2) is 23.8 Å². The van der Waals surface area contributed by atoms with Crippen molar-refractivity contribution >= 4 is 28.7 Å². The molecule has 0 N–H and O–H groups in total. The first-order valence-corrected chi connectivity index (χ1v) is 10.1. The highest BCUT2D eigenvalue weighted by atomic mass is 35.5. The van der Waals surface area contributed by atoms with Crippen LogP contribution in [0.2, 0.25) is 5.02 Å². The second-order valence-electron chi connectivity index (χ2n) is 8.40. The van der Waals surface area contributed by atoms with Crippen molar-refractivity contribution in [3.05, 3.63) is 40.1 Å². The number of hydrogen-bond acceptors (Lipinski definition) is 1. The van der Waals surface area contributed by atoms with E-state index in [1.807, 2.05) is 6.07 Å². The van der Waals surface area contributed by atoms with Crippen LogP contribution in [-0.4, -0.2) is 29.6 Å². The predicted molar refractivity (Wildman–Crippen MR) is 108 cm³/mol. The first-order valence-electron chi connectivity index (χ1n) is 9.70. The number of fused-ring (bicyclic) bond motifs is 3. The molecular weight excluding hydrogens is 328 g/mol. The van der Waals surface area contributed by atoms with E-state index in [9.17, 15) is 0 Å². The molecule has 2 unspecified atom stereocenters. The van der Waals surface area contributed by atoms with Gasteiger partial charge in [-0.2, -0.15) is 0 Å². The number of hydrogen-bond donors (Lipinski definition) is 0. The Labute approximate surface area is 156 Å². The lowest BCUT2D eigenvalue weighted by atomic mass is 9.81. The second-order valence-corrected chi connectivity index (χ2v) is 8.84. The third-order valence-corrected chi connectivity index (χ3v) is 6.23. The van der Waals surface area contributed by atoms with Gasteiger partial charge in [0.1, 0.15) is 0 Å². The molecule has 1 aliphatic carbocycles. The quantitative estimate of drug-likeness (QED) is 0.643. The topological polar surface area (TPSA) is 8.17 Å². The molecule has 1 saturated carbocycles. The highest BCUT2D eigenvalue weighted by molar-refractivity contribution is 6.31. The summed E-state index contributed by atoms with van der Waals surface area (Å²) in [5.41, 5.74) is 5.95. The van der Waals surface area contributed by atoms with Gasteiger partial charge >= 0.3 is 0 Å². The Bertz CT molecular complexity index is 805. The maximum absolute atomic E-state index is 6.33. The zero-order valence-electron chi connectivity index (χ0n) is 15.7. The lowest BCUT2D eigenvalue weighted by molar-refractivity contribution is 0.351. The third-order valence-electron chi connectivity index (χ3n) is 5.99. The summed E-state index contributed by atoms with van der Waals surface area (Å²) in [6.45, 7) is 7.05. The van der Waals surface area contributed by atoms with Crippen LogP contribution < -0.4 is 0 Å². The minimum Gasteiger partial charge on any atom is -0.320 e. The molecule has 134 valence electrons. The lowest BCUT2D eigenvalue weighted by Gasteiger charge is -2.26. The fraction of sp³-hybridized carbons (Fsp3) is 0.545.